The standard InChI is InChI=1S/C15H20N2O2S/c1-11-9-15(8-7-14(11)10-16)20(18,19)17-12(2)13-5-3-4-6-13/h7-9,12-13,17H,3-6H2,1-2H3. The summed E-state index contributed by atoms with van der Waals surface area (Å²) in [6.07, 6.45) is 4.56. The van der Waals surface area contributed by atoms with Crippen LogP contribution in [0.15, 0.2) is 23.1 Å². The van der Waals surface area contributed by atoms with Gasteiger partial charge < -0.3 is 0 Å². The van der Waals surface area contributed by atoms with Gasteiger partial charge in [-0.25, -0.2) is 13.1 Å². The summed E-state index contributed by atoms with van der Waals surface area (Å²) in [4.78, 5) is 0.235. The maximum Gasteiger partial charge on any atom is 0.240 e. The number of benzene rings is 1. The van der Waals surface area contributed by atoms with Crippen LogP contribution in [0.5, 0.6) is 0 Å². The number of aryl methyl sites for hydroxylation is 1. The van der Waals surface area contributed by atoms with E-state index in [2.05, 4.69) is 4.72 Å². The highest BCUT2D eigenvalue weighted by molar-refractivity contribution is 7.89. The van der Waals surface area contributed by atoms with E-state index in [0.717, 1.165) is 12.8 Å². The monoisotopic (exact) mass is 292 g/mol. The quantitative estimate of drug-likeness (QED) is 0.927. The summed E-state index contributed by atoms with van der Waals surface area (Å²) < 4.78 is 27.5. The molecule has 1 fully saturated rings. The second kappa shape index (κ2) is 5.94. The molecular formula is C15H20N2O2S. The van der Waals surface area contributed by atoms with Crippen molar-refractivity contribution in [2.24, 2.45) is 5.92 Å². The third kappa shape index (κ3) is 3.20. The molecule has 1 aliphatic rings. The Kier molecular flexibility index (Phi) is 4.46. The van der Waals surface area contributed by atoms with Gasteiger partial charge in [-0.05, 0) is 56.4 Å². The molecule has 0 radical (unpaired) electrons. The summed E-state index contributed by atoms with van der Waals surface area (Å²) in [5.74, 6) is 0.434. The lowest BCUT2D eigenvalue weighted by Gasteiger charge is -2.20. The van der Waals surface area contributed by atoms with Gasteiger partial charge in [0, 0.05) is 6.04 Å². The first-order valence-corrected chi connectivity index (χ1v) is 8.45. The molecular weight excluding hydrogens is 272 g/mol. The third-order valence-electron chi connectivity index (χ3n) is 4.08. The largest absolute Gasteiger partial charge is 0.240 e. The van der Waals surface area contributed by atoms with E-state index >= 15 is 0 Å². The molecule has 1 unspecified atom stereocenters. The molecule has 0 amide bonds. The van der Waals surface area contributed by atoms with Gasteiger partial charge in [0.25, 0.3) is 0 Å². The first kappa shape index (κ1) is 15.0. The maximum absolute atomic E-state index is 12.4. The molecule has 1 atom stereocenters. The van der Waals surface area contributed by atoms with Crippen molar-refractivity contribution >= 4 is 10.0 Å². The number of hydrogen-bond acceptors (Lipinski definition) is 3. The Morgan fingerprint density at radius 3 is 2.55 bits per heavy atom. The summed E-state index contributed by atoms with van der Waals surface area (Å²) >= 11 is 0. The van der Waals surface area contributed by atoms with E-state index in [1.54, 1.807) is 19.1 Å². The molecule has 5 heteroatoms. The van der Waals surface area contributed by atoms with E-state index in [9.17, 15) is 8.42 Å². The van der Waals surface area contributed by atoms with Gasteiger partial charge >= 0.3 is 0 Å². The van der Waals surface area contributed by atoms with Crippen LogP contribution in [-0.2, 0) is 10.0 Å². The molecule has 0 saturated heterocycles. The number of nitrogens with one attached hydrogen (secondary N) is 1. The molecule has 1 aromatic rings. The third-order valence-corrected chi connectivity index (χ3v) is 5.63. The van der Waals surface area contributed by atoms with Crippen molar-refractivity contribution in [1.29, 1.82) is 5.26 Å². The predicted molar refractivity (Wildman–Crippen MR) is 77.6 cm³/mol. The molecule has 4 nitrogen and oxygen atoms in total. The van der Waals surface area contributed by atoms with Gasteiger partial charge in [-0.15, -0.1) is 0 Å². The first-order valence-electron chi connectivity index (χ1n) is 6.97. The minimum Gasteiger partial charge on any atom is -0.208 e. The highest BCUT2D eigenvalue weighted by Crippen LogP contribution is 2.28. The second-order valence-electron chi connectivity index (χ2n) is 5.54. The van der Waals surface area contributed by atoms with Crippen molar-refractivity contribution in [1.82, 2.24) is 4.72 Å². The van der Waals surface area contributed by atoms with Crippen LogP contribution in [0.4, 0.5) is 0 Å². The molecule has 108 valence electrons. The molecule has 1 saturated carbocycles. The van der Waals surface area contributed by atoms with Gasteiger partial charge in [0.1, 0.15) is 0 Å². The van der Waals surface area contributed by atoms with Crippen molar-refractivity contribution in [2.75, 3.05) is 0 Å². The summed E-state index contributed by atoms with van der Waals surface area (Å²) in [6, 6.07) is 6.61. The van der Waals surface area contributed by atoms with Gasteiger partial charge in [-0.1, -0.05) is 12.8 Å². The Labute approximate surface area is 120 Å². The van der Waals surface area contributed by atoms with Crippen LogP contribution >= 0.6 is 0 Å². The van der Waals surface area contributed by atoms with E-state index < -0.39 is 10.0 Å². The smallest absolute Gasteiger partial charge is 0.208 e. The Bertz CT molecular complexity index is 626. The molecule has 0 bridgehead atoms. The topological polar surface area (TPSA) is 70.0 Å². The van der Waals surface area contributed by atoms with E-state index in [1.807, 2.05) is 13.0 Å². The number of sulfonamides is 1. The molecule has 0 spiro atoms. The van der Waals surface area contributed by atoms with Gasteiger partial charge in [0.15, 0.2) is 0 Å². The molecule has 1 N–H and O–H groups in total. The second-order valence-corrected chi connectivity index (χ2v) is 7.26. The highest BCUT2D eigenvalue weighted by Gasteiger charge is 2.26. The van der Waals surface area contributed by atoms with Crippen LogP contribution in [-0.4, -0.2) is 14.5 Å². The first-order chi connectivity index (χ1) is 9.44. The maximum atomic E-state index is 12.4. The molecule has 2 rings (SSSR count). The number of rotatable bonds is 4. The number of nitrogens with zero attached hydrogens (tertiary/aromatic N) is 1. The highest BCUT2D eigenvalue weighted by atomic mass is 32.2. The summed E-state index contributed by atoms with van der Waals surface area (Å²) in [7, 11) is -3.50. The number of nitriles is 1. The van der Waals surface area contributed by atoms with Crippen molar-refractivity contribution < 1.29 is 8.42 Å². The van der Waals surface area contributed by atoms with Crippen LogP contribution in [0.25, 0.3) is 0 Å². The minimum atomic E-state index is -3.50. The van der Waals surface area contributed by atoms with Crippen molar-refractivity contribution in [3.8, 4) is 6.07 Å². The van der Waals surface area contributed by atoms with Crippen LogP contribution < -0.4 is 4.72 Å². The predicted octanol–water partition coefficient (Wildman–Crippen LogP) is 2.72. The van der Waals surface area contributed by atoms with E-state index in [4.69, 9.17) is 5.26 Å². The molecule has 0 aliphatic heterocycles. The molecule has 20 heavy (non-hydrogen) atoms. The van der Waals surface area contributed by atoms with Crippen molar-refractivity contribution in [2.45, 2.75) is 50.5 Å². The number of hydrogen-bond donors (Lipinski definition) is 1. The molecule has 1 aromatic carbocycles. The summed E-state index contributed by atoms with van der Waals surface area (Å²) in [6.45, 7) is 3.68. The Balaban J connectivity index is 2.18. The average molecular weight is 292 g/mol. The molecule has 0 heterocycles. The SMILES string of the molecule is Cc1cc(S(=O)(=O)NC(C)C2CCCC2)ccc1C#N. The molecule has 0 aromatic heterocycles. The average Bonchev–Trinajstić information content (AvgIpc) is 2.92. The fraction of sp³-hybridized carbons (Fsp3) is 0.533. The van der Waals surface area contributed by atoms with Crippen LogP contribution in [0, 0.1) is 24.2 Å². The van der Waals surface area contributed by atoms with E-state index in [-0.39, 0.29) is 10.9 Å². The van der Waals surface area contributed by atoms with Gasteiger partial charge in [-0.2, -0.15) is 5.26 Å². The summed E-state index contributed by atoms with van der Waals surface area (Å²) in [5, 5.41) is 8.89. The Morgan fingerprint density at radius 2 is 2.00 bits per heavy atom. The molecule has 1 aliphatic carbocycles. The van der Waals surface area contributed by atoms with Gasteiger partial charge in [-0.3, -0.25) is 0 Å². The van der Waals surface area contributed by atoms with Gasteiger partial charge in [0.05, 0.1) is 16.5 Å². The zero-order chi connectivity index (χ0) is 14.8. The van der Waals surface area contributed by atoms with Crippen LogP contribution in [0.1, 0.15) is 43.7 Å². The van der Waals surface area contributed by atoms with Crippen LogP contribution in [0.3, 0.4) is 0 Å². The van der Waals surface area contributed by atoms with Crippen molar-refractivity contribution in [3.63, 3.8) is 0 Å². The minimum absolute atomic E-state index is 0.0431. The Hall–Kier alpha value is -1.38. The zero-order valence-corrected chi connectivity index (χ0v) is 12.7. The van der Waals surface area contributed by atoms with Crippen molar-refractivity contribution in [3.05, 3.63) is 29.3 Å². The lowest BCUT2D eigenvalue weighted by molar-refractivity contribution is 0.424. The fourth-order valence-corrected chi connectivity index (χ4v) is 4.19. The lowest BCUT2D eigenvalue weighted by atomic mass is 10.0. The van der Waals surface area contributed by atoms with E-state index in [1.165, 1.54) is 18.9 Å². The van der Waals surface area contributed by atoms with Gasteiger partial charge in [0.2, 0.25) is 10.0 Å². The fourth-order valence-electron chi connectivity index (χ4n) is 2.80. The summed E-state index contributed by atoms with van der Waals surface area (Å²) in [5.41, 5.74) is 1.19. The zero-order valence-electron chi connectivity index (χ0n) is 11.9. The van der Waals surface area contributed by atoms with E-state index in [0.29, 0.717) is 17.0 Å². The van der Waals surface area contributed by atoms with Crippen LogP contribution in [0.2, 0.25) is 0 Å². The Morgan fingerprint density at radius 1 is 1.35 bits per heavy atom. The normalized spacial score (nSPS) is 17.9. The lowest BCUT2D eigenvalue weighted by Crippen LogP contribution is -2.37.